The molecule has 0 saturated carbocycles. The molecule has 1 saturated heterocycles. The normalized spacial score (nSPS) is 17.2. The Bertz CT molecular complexity index is 357. The van der Waals surface area contributed by atoms with Gasteiger partial charge in [-0.25, -0.2) is 0 Å². The highest BCUT2D eigenvalue weighted by Gasteiger charge is 2.32. The summed E-state index contributed by atoms with van der Waals surface area (Å²) in [5.41, 5.74) is 1.63. The van der Waals surface area contributed by atoms with E-state index in [9.17, 15) is 0 Å². The zero-order valence-corrected chi connectivity index (χ0v) is 11.4. The van der Waals surface area contributed by atoms with Crippen LogP contribution in [0.15, 0.2) is 24.3 Å². The Kier molecular flexibility index (Phi) is 4.61. The largest absolute Gasteiger partial charge is 0.494 e. The summed E-state index contributed by atoms with van der Waals surface area (Å²) in [5, 5.41) is 3.49. The minimum Gasteiger partial charge on any atom is -0.494 e. The molecular formula is C15H23NO2. The molecule has 2 rings (SSSR count). The van der Waals surface area contributed by atoms with Crippen LogP contribution in [0.1, 0.15) is 25.8 Å². The first kappa shape index (κ1) is 13.4. The van der Waals surface area contributed by atoms with Crippen molar-refractivity contribution in [3.05, 3.63) is 29.8 Å². The number of benzene rings is 1. The van der Waals surface area contributed by atoms with Gasteiger partial charge in [0, 0.05) is 18.5 Å². The first-order valence-corrected chi connectivity index (χ1v) is 6.72. The predicted molar refractivity (Wildman–Crippen MR) is 72.9 cm³/mol. The maximum Gasteiger partial charge on any atom is 0.119 e. The molecule has 3 nitrogen and oxygen atoms in total. The Morgan fingerprint density at radius 3 is 2.56 bits per heavy atom. The molecule has 1 N–H and O–H groups in total. The van der Waals surface area contributed by atoms with Crippen LogP contribution in [-0.2, 0) is 11.3 Å². The lowest BCUT2D eigenvalue weighted by Crippen LogP contribution is -2.47. The highest BCUT2D eigenvalue weighted by atomic mass is 16.5. The number of hydrogen-bond acceptors (Lipinski definition) is 3. The monoisotopic (exact) mass is 249 g/mol. The second kappa shape index (κ2) is 6.21. The number of rotatable bonds is 7. The van der Waals surface area contributed by atoms with Gasteiger partial charge in [-0.15, -0.1) is 0 Å². The van der Waals surface area contributed by atoms with E-state index in [1.807, 2.05) is 12.1 Å². The van der Waals surface area contributed by atoms with E-state index in [1.165, 1.54) is 5.56 Å². The van der Waals surface area contributed by atoms with Gasteiger partial charge in [-0.05, 0) is 24.1 Å². The second-order valence-corrected chi connectivity index (χ2v) is 5.40. The summed E-state index contributed by atoms with van der Waals surface area (Å²) in [7, 11) is 0. The van der Waals surface area contributed by atoms with Gasteiger partial charge in [0.15, 0.2) is 0 Å². The fourth-order valence-corrected chi connectivity index (χ4v) is 1.98. The molecule has 100 valence electrons. The van der Waals surface area contributed by atoms with Gasteiger partial charge in [0.05, 0.1) is 19.8 Å². The van der Waals surface area contributed by atoms with Crippen LogP contribution in [0.5, 0.6) is 5.75 Å². The third kappa shape index (κ3) is 3.72. The van der Waals surface area contributed by atoms with Crippen LogP contribution in [0.2, 0.25) is 0 Å². The standard InChI is InChI=1S/C15H23NO2/c1-3-8-18-14-6-4-13(5-7-14)9-16-10-15(2)11-17-12-15/h4-7,16H,3,8-12H2,1-2H3. The molecule has 18 heavy (non-hydrogen) atoms. The summed E-state index contributed by atoms with van der Waals surface area (Å²) in [5.74, 6) is 0.958. The van der Waals surface area contributed by atoms with E-state index >= 15 is 0 Å². The molecule has 1 aromatic carbocycles. The van der Waals surface area contributed by atoms with Crippen LogP contribution in [0.25, 0.3) is 0 Å². The van der Waals surface area contributed by atoms with Crippen LogP contribution in [0, 0.1) is 5.41 Å². The van der Waals surface area contributed by atoms with E-state index in [1.54, 1.807) is 0 Å². The minimum atomic E-state index is 0.337. The molecule has 0 spiro atoms. The molecule has 0 radical (unpaired) electrons. The van der Waals surface area contributed by atoms with E-state index in [0.717, 1.165) is 45.1 Å². The molecule has 0 atom stereocenters. The van der Waals surface area contributed by atoms with Gasteiger partial charge in [0.2, 0.25) is 0 Å². The van der Waals surface area contributed by atoms with Crippen LogP contribution in [0.4, 0.5) is 0 Å². The average molecular weight is 249 g/mol. The molecule has 1 fully saturated rings. The Labute approximate surface area is 109 Å². The first-order valence-electron chi connectivity index (χ1n) is 6.72. The van der Waals surface area contributed by atoms with Gasteiger partial charge in [-0.1, -0.05) is 26.0 Å². The highest BCUT2D eigenvalue weighted by Crippen LogP contribution is 2.25. The van der Waals surface area contributed by atoms with Gasteiger partial charge in [-0.3, -0.25) is 0 Å². The maximum absolute atomic E-state index is 5.56. The summed E-state index contributed by atoms with van der Waals surface area (Å²) in [6.45, 7) is 8.84. The van der Waals surface area contributed by atoms with Crippen LogP contribution in [0.3, 0.4) is 0 Å². The van der Waals surface area contributed by atoms with Crippen molar-refractivity contribution in [3.63, 3.8) is 0 Å². The average Bonchev–Trinajstić information content (AvgIpc) is 2.36. The van der Waals surface area contributed by atoms with Crippen molar-refractivity contribution < 1.29 is 9.47 Å². The first-order chi connectivity index (χ1) is 8.72. The Hall–Kier alpha value is -1.06. The van der Waals surface area contributed by atoms with Crippen LogP contribution in [-0.4, -0.2) is 26.4 Å². The summed E-state index contributed by atoms with van der Waals surface area (Å²) >= 11 is 0. The lowest BCUT2D eigenvalue weighted by atomic mass is 9.89. The zero-order valence-electron chi connectivity index (χ0n) is 11.4. The zero-order chi connectivity index (χ0) is 12.8. The van der Waals surface area contributed by atoms with Gasteiger partial charge in [-0.2, -0.15) is 0 Å². The van der Waals surface area contributed by atoms with Crippen molar-refractivity contribution >= 4 is 0 Å². The molecule has 1 heterocycles. The van der Waals surface area contributed by atoms with Gasteiger partial charge >= 0.3 is 0 Å². The van der Waals surface area contributed by atoms with Gasteiger partial charge in [0.25, 0.3) is 0 Å². The van der Waals surface area contributed by atoms with Gasteiger partial charge in [0.1, 0.15) is 5.75 Å². The third-order valence-electron chi connectivity index (χ3n) is 3.18. The fourth-order valence-electron chi connectivity index (χ4n) is 1.98. The molecule has 1 aliphatic heterocycles. The molecule has 0 aromatic heterocycles. The lowest BCUT2D eigenvalue weighted by molar-refractivity contribution is -0.0991. The fraction of sp³-hybridized carbons (Fsp3) is 0.600. The summed E-state index contributed by atoms with van der Waals surface area (Å²) < 4.78 is 10.8. The Morgan fingerprint density at radius 2 is 2.00 bits per heavy atom. The second-order valence-electron chi connectivity index (χ2n) is 5.40. The number of nitrogens with one attached hydrogen (secondary N) is 1. The Balaban J connectivity index is 1.72. The summed E-state index contributed by atoms with van der Waals surface area (Å²) in [6, 6.07) is 8.33. The van der Waals surface area contributed by atoms with E-state index in [4.69, 9.17) is 9.47 Å². The molecule has 0 unspecified atom stereocenters. The van der Waals surface area contributed by atoms with Crippen molar-refractivity contribution in [1.82, 2.24) is 5.32 Å². The van der Waals surface area contributed by atoms with Crippen molar-refractivity contribution in [2.75, 3.05) is 26.4 Å². The predicted octanol–water partition coefficient (Wildman–Crippen LogP) is 2.60. The van der Waals surface area contributed by atoms with Crippen LogP contribution >= 0.6 is 0 Å². The smallest absolute Gasteiger partial charge is 0.119 e. The maximum atomic E-state index is 5.56. The quantitative estimate of drug-likeness (QED) is 0.805. The molecule has 0 amide bonds. The van der Waals surface area contributed by atoms with E-state index in [2.05, 4.69) is 31.3 Å². The summed E-state index contributed by atoms with van der Waals surface area (Å²) in [6.07, 6.45) is 1.05. The molecule has 1 aliphatic rings. The number of ether oxygens (including phenoxy) is 2. The topological polar surface area (TPSA) is 30.5 Å². The lowest BCUT2D eigenvalue weighted by Gasteiger charge is -2.38. The molecule has 1 aromatic rings. The summed E-state index contributed by atoms with van der Waals surface area (Å²) in [4.78, 5) is 0. The van der Waals surface area contributed by atoms with Gasteiger partial charge < -0.3 is 14.8 Å². The van der Waals surface area contributed by atoms with Crippen molar-refractivity contribution in [3.8, 4) is 5.75 Å². The van der Waals surface area contributed by atoms with E-state index < -0.39 is 0 Å². The third-order valence-corrected chi connectivity index (χ3v) is 3.18. The van der Waals surface area contributed by atoms with Crippen molar-refractivity contribution in [1.29, 1.82) is 0 Å². The molecule has 3 heteroatoms. The highest BCUT2D eigenvalue weighted by molar-refractivity contribution is 5.27. The Morgan fingerprint density at radius 1 is 1.28 bits per heavy atom. The van der Waals surface area contributed by atoms with Crippen molar-refractivity contribution in [2.45, 2.75) is 26.8 Å². The molecule has 0 aliphatic carbocycles. The van der Waals surface area contributed by atoms with E-state index in [0.29, 0.717) is 5.41 Å². The van der Waals surface area contributed by atoms with E-state index in [-0.39, 0.29) is 0 Å². The SMILES string of the molecule is CCCOc1ccc(CNCC2(C)COC2)cc1. The molecular weight excluding hydrogens is 226 g/mol. The number of hydrogen-bond donors (Lipinski definition) is 1. The van der Waals surface area contributed by atoms with Crippen molar-refractivity contribution in [2.24, 2.45) is 5.41 Å². The minimum absolute atomic E-state index is 0.337. The molecule has 0 bridgehead atoms. The van der Waals surface area contributed by atoms with Crippen LogP contribution < -0.4 is 10.1 Å².